The number of likely N-dealkylation sites (tertiary alicyclic amines) is 1. The number of ether oxygens (including phenoxy) is 1. The minimum atomic E-state index is -0.142. The zero-order valence-corrected chi connectivity index (χ0v) is 18.0. The van der Waals surface area contributed by atoms with Crippen molar-refractivity contribution in [1.29, 1.82) is 0 Å². The van der Waals surface area contributed by atoms with Gasteiger partial charge in [0.05, 0.1) is 12.6 Å². The third kappa shape index (κ3) is 9.42. The van der Waals surface area contributed by atoms with Crippen molar-refractivity contribution in [3.63, 3.8) is 0 Å². The molecule has 1 amide bonds. The molecule has 1 heterocycles. The van der Waals surface area contributed by atoms with Crippen LogP contribution in [0.4, 0.5) is 0 Å². The fourth-order valence-electron chi connectivity index (χ4n) is 3.33. The highest BCUT2D eigenvalue weighted by atomic mass is 16.5. The van der Waals surface area contributed by atoms with E-state index in [9.17, 15) is 4.79 Å². The van der Waals surface area contributed by atoms with Gasteiger partial charge in [-0.2, -0.15) is 0 Å². The molecular formula is C20H41N5O2. The highest BCUT2D eigenvalue weighted by Gasteiger charge is 2.24. The number of piperidine rings is 1. The molecule has 7 nitrogen and oxygen atoms in total. The van der Waals surface area contributed by atoms with Gasteiger partial charge >= 0.3 is 0 Å². The Balaban J connectivity index is 2.27. The summed E-state index contributed by atoms with van der Waals surface area (Å²) in [5.74, 6) is 0.785. The molecule has 1 aliphatic rings. The molecular weight excluding hydrogens is 342 g/mol. The Labute approximate surface area is 165 Å². The van der Waals surface area contributed by atoms with Crippen LogP contribution >= 0.6 is 0 Å². The number of amides is 1. The standard InChI is InChI=1S/C20H41N5O2/c1-6-22-19(24-15-17(27-5)20(2,3)4)23-11-7-8-12-25-13-9-16(10-14-25)18(21)26/h16-17H,6-15H2,1-5H3,(H2,21,26)(H2,22,23,24). The molecule has 0 saturated carbocycles. The number of unbranched alkanes of at least 4 members (excludes halogenated alkanes) is 1. The van der Waals surface area contributed by atoms with Gasteiger partial charge in [-0.05, 0) is 57.7 Å². The van der Waals surface area contributed by atoms with E-state index in [1.807, 2.05) is 0 Å². The summed E-state index contributed by atoms with van der Waals surface area (Å²) in [6, 6.07) is 0. The summed E-state index contributed by atoms with van der Waals surface area (Å²) in [7, 11) is 1.75. The van der Waals surface area contributed by atoms with Crippen LogP contribution < -0.4 is 16.4 Å². The largest absolute Gasteiger partial charge is 0.379 e. The van der Waals surface area contributed by atoms with Crippen molar-refractivity contribution in [1.82, 2.24) is 15.5 Å². The van der Waals surface area contributed by atoms with E-state index in [2.05, 4.69) is 48.2 Å². The van der Waals surface area contributed by atoms with Gasteiger partial charge in [0.2, 0.25) is 5.91 Å². The average molecular weight is 384 g/mol. The summed E-state index contributed by atoms with van der Waals surface area (Å²) < 4.78 is 5.58. The van der Waals surface area contributed by atoms with Crippen molar-refractivity contribution in [3.05, 3.63) is 0 Å². The Bertz CT molecular complexity index is 454. The maximum atomic E-state index is 11.2. The third-order valence-corrected chi connectivity index (χ3v) is 5.19. The predicted octanol–water partition coefficient (Wildman–Crippen LogP) is 1.58. The van der Waals surface area contributed by atoms with E-state index in [-0.39, 0.29) is 23.3 Å². The smallest absolute Gasteiger partial charge is 0.220 e. The van der Waals surface area contributed by atoms with Gasteiger partial charge in [0.1, 0.15) is 0 Å². The summed E-state index contributed by atoms with van der Waals surface area (Å²) in [5, 5.41) is 6.71. The fourth-order valence-corrected chi connectivity index (χ4v) is 3.33. The summed E-state index contributed by atoms with van der Waals surface area (Å²) >= 11 is 0. The number of hydrogen-bond acceptors (Lipinski definition) is 4. The van der Waals surface area contributed by atoms with Crippen molar-refractivity contribution in [2.45, 2.75) is 59.5 Å². The number of methoxy groups -OCH3 is 1. The molecule has 1 unspecified atom stereocenters. The second-order valence-corrected chi connectivity index (χ2v) is 8.46. The van der Waals surface area contributed by atoms with E-state index < -0.39 is 0 Å². The first-order valence-corrected chi connectivity index (χ1v) is 10.3. The van der Waals surface area contributed by atoms with Gasteiger partial charge in [-0.1, -0.05) is 20.8 Å². The zero-order valence-electron chi connectivity index (χ0n) is 18.0. The normalized spacial score (nSPS) is 18.3. The molecule has 0 spiro atoms. The number of rotatable bonds is 10. The molecule has 0 aromatic heterocycles. The maximum absolute atomic E-state index is 11.2. The minimum Gasteiger partial charge on any atom is -0.379 e. The van der Waals surface area contributed by atoms with Crippen LogP contribution in [0.2, 0.25) is 0 Å². The van der Waals surface area contributed by atoms with Crippen LogP contribution in [-0.2, 0) is 9.53 Å². The molecule has 0 aromatic rings. The number of nitrogens with one attached hydrogen (secondary N) is 2. The number of aliphatic imine (C=N–C) groups is 1. The fraction of sp³-hybridized carbons (Fsp3) is 0.900. The van der Waals surface area contributed by atoms with Crippen LogP contribution in [0.1, 0.15) is 53.4 Å². The Morgan fingerprint density at radius 3 is 2.44 bits per heavy atom. The van der Waals surface area contributed by atoms with E-state index in [0.29, 0.717) is 6.54 Å². The second-order valence-electron chi connectivity index (χ2n) is 8.46. The van der Waals surface area contributed by atoms with E-state index in [1.54, 1.807) is 7.11 Å². The lowest BCUT2D eigenvalue weighted by Crippen LogP contribution is -2.40. The highest BCUT2D eigenvalue weighted by molar-refractivity contribution is 5.79. The molecule has 0 bridgehead atoms. The molecule has 0 aromatic carbocycles. The minimum absolute atomic E-state index is 0.0670. The quantitative estimate of drug-likeness (QED) is 0.303. The molecule has 7 heteroatoms. The first kappa shape index (κ1) is 23.7. The predicted molar refractivity (Wildman–Crippen MR) is 112 cm³/mol. The topological polar surface area (TPSA) is 92.0 Å². The maximum Gasteiger partial charge on any atom is 0.220 e. The second kappa shape index (κ2) is 12.2. The Morgan fingerprint density at radius 1 is 1.26 bits per heavy atom. The van der Waals surface area contributed by atoms with E-state index >= 15 is 0 Å². The van der Waals surface area contributed by atoms with Crippen molar-refractivity contribution < 1.29 is 9.53 Å². The van der Waals surface area contributed by atoms with Crippen LogP contribution in [-0.4, -0.2) is 69.2 Å². The highest BCUT2D eigenvalue weighted by Crippen LogP contribution is 2.21. The van der Waals surface area contributed by atoms with Gasteiger partial charge in [-0.25, -0.2) is 0 Å². The van der Waals surface area contributed by atoms with Crippen LogP contribution in [0, 0.1) is 11.3 Å². The lowest BCUT2D eigenvalue weighted by Gasteiger charge is -2.30. The molecule has 1 atom stereocenters. The first-order chi connectivity index (χ1) is 12.8. The van der Waals surface area contributed by atoms with E-state index in [0.717, 1.165) is 64.4 Å². The lowest BCUT2D eigenvalue weighted by molar-refractivity contribution is -0.123. The monoisotopic (exact) mass is 383 g/mol. The van der Waals surface area contributed by atoms with Gasteiger partial charge in [0.15, 0.2) is 5.96 Å². The van der Waals surface area contributed by atoms with Gasteiger partial charge in [0.25, 0.3) is 0 Å². The molecule has 0 radical (unpaired) electrons. The number of guanidine groups is 1. The first-order valence-electron chi connectivity index (χ1n) is 10.3. The van der Waals surface area contributed by atoms with Crippen molar-refractivity contribution in [2.24, 2.45) is 22.1 Å². The molecule has 1 saturated heterocycles. The Morgan fingerprint density at radius 2 is 1.93 bits per heavy atom. The summed E-state index contributed by atoms with van der Waals surface area (Å²) in [4.78, 5) is 18.3. The molecule has 158 valence electrons. The van der Waals surface area contributed by atoms with Crippen molar-refractivity contribution in [3.8, 4) is 0 Å². The number of nitrogens with two attached hydrogens (primary N) is 1. The molecule has 1 aliphatic heterocycles. The number of carbonyl (C=O) groups is 1. The van der Waals surface area contributed by atoms with Crippen LogP contribution in [0.3, 0.4) is 0 Å². The summed E-state index contributed by atoms with van der Waals surface area (Å²) in [5.41, 5.74) is 5.46. The molecule has 4 N–H and O–H groups in total. The Kier molecular flexibility index (Phi) is 10.7. The average Bonchev–Trinajstić information content (AvgIpc) is 2.61. The Hall–Kier alpha value is -1.34. The van der Waals surface area contributed by atoms with Gasteiger partial charge in [-0.15, -0.1) is 0 Å². The summed E-state index contributed by atoms with van der Waals surface area (Å²) in [6.45, 7) is 14.0. The summed E-state index contributed by atoms with van der Waals surface area (Å²) in [6.07, 6.45) is 4.12. The van der Waals surface area contributed by atoms with Crippen LogP contribution in [0.15, 0.2) is 4.99 Å². The molecule has 1 fully saturated rings. The molecule has 0 aliphatic carbocycles. The molecule has 27 heavy (non-hydrogen) atoms. The van der Waals surface area contributed by atoms with E-state index in [4.69, 9.17) is 10.5 Å². The zero-order chi connectivity index (χ0) is 20.3. The van der Waals surface area contributed by atoms with Crippen molar-refractivity contribution in [2.75, 3.05) is 46.4 Å². The van der Waals surface area contributed by atoms with Crippen LogP contribution in [0.25, 0.3) is 0 Å². The lowest BCUT2D eigenvalue weighted by atomic mass is 9.89. The number of primary amides is 1. The third-order valence-electron chi connectivity index (χ3n) is 5.19. The van der Waals surface area contributed by atoms with E-state index in [1.165, 1.54) is 0 Å². The molecule has 1 rings (SSSR count). The number of hydrogen-bond donors (Lipinski definition) is 3. The number of carbonyl (C=O) groups excluding carboxylic acids is 1. The van der Waals surface area contributed by atoms with Gasteiger partial charge in [-0.3, -0.25) is 9.79 Å². The van der Waals surface area contributed by atoms with Gasteiger partial charge in [0, 0.05) is 26.1 Å². The van der Waals surface area contributed by atoms with Crippen molar-refractivity contribution >= 4 is 11.9 Å². The number of nitrogens with zero attached hydrogens (tertiary/aromatic N) is 2. The van der Waals surface area contributed by atoms with Gasteiger partial charge < -0.3 is 26.0 Å². The van der Waals surface area contributed by atoms with Crippen LogP contribution in [0.5, 0.6) is 0 Å². The SMILES string of the molecule is CCNC(=NCC(OC)C(C)(C)C)NCCCCN1CCC(C(N)=O)CC1.